The number of allylic oxidation sites excluding steroid dienone is 1. The smallest absolute Gasteiger partial charge is 0.187 e. The van der Waals surface area contributed by atoms with Gasteiger partial charge in [0, 0.05) is 28.5 Å². The molecular formula is C16H14ClNO2. The number of anilines is 1. The highest BCUT2D eigenvalue weighted by Gasteiger charge is 2.01. The minimum absolute atomic E-state index is 0.0813. The summed E-state index contributed by atoms with van der Waals surface area (Å²) in [5.41, 5.74) is 1.44. The minimum Gasteiger partial charge on any atom is -0.497 e. The van der Waals surface area contributed by atoms with Crippen LogP contribution in [-0.4, -0.2) is 12.9 Å². The molecule has 0 aliphatic rings. The van der Waals surface area contributed by atoms with Crippen molar-refractivity contribution < 1.29 is 9.53 Å². The molecule has 0 aromatic heterocycles. The fraction of sp³-hybridized carbons (Fsp3) is 0.0625. The van der Waals surface area contributed by atoms with Gasteiger partial charge < -0.3 is 10.1 Å². The highest BCUT2D eigenvalue weighted by molar-refractivity contribution is 6.30. The molecule has 3 nitrogen and oxygen atoms in total. The molecule has 2 aromatic carbocycles. The Morgan fingerprint density at radius 3 is 2.60 bits per heavy atom. The van der Waals surface area contributed by atoms with E-state index in [9.17, 15) is 4.79 Å². The highest BCUT2D eigenvalue weighted by Crippen LogP contribution is 2.15. The first kappa shape index (κ1) is 14.2. The van der Waals surface area contributed by atoms with E-state index in [2.05, 4.69) is 5.32 Å². The van der Waals surface area contributed by atoms with E-state index in [4.69, 9.17) is 16.3 Å². The Balaban J connectivity index is 1.98. The van der Waals surface area contributed by atoms with Gasteiger partial charge in [0.25, 0.3) is 0 Å². The van der Waals surface area contributed by atoms with Crippen LogP contribution < -0.4 is 10.1 Å². The summed E-state index contributed by atoms with van der Waals surface area (Å²) in [6.45, 7) is 0. The first-order valence-corrected chi connectivity index (χ1v) is 6.44. The lowest BCUT2D eigenvalue weighted by atomic mass is 10.1. The van der Waals surface area contributed by atoms with Crippen LogP contribution in [0.5, 0.6) is 5.75 Å². The monoisotopic (exact) mass is 287 g/mol. The molecule has 0 unspecified atom stereocenters. The van der Waals surface area contributed by atoms with Gasteiger partial charge in [0.05, 0.1) is 7.11 Å². The Hall–Kier alpha value is -2.26. The van der Waals surface area contributed by atoms with E-state index in [1.807, 2.05) is 12.1 Å². The fourth-order valence-electron chi connectivity index (χ4n) is 1.64. The Kier molecular flexibility index (Phi) is 4.80. The summed E-state index contributed by atoms with van der Waals surface area (Å²) < 4.78 is 5.04. The van der Waals surface area contributed by atoms with Gasteiger partial charge in [0.2, 0.25) is 0 Å². The number of hydrogen-bond donors (Lipinski definition) is 1. The molecule has 2 rings (SSSR count). The molecule has 0 radical (unpaired) electrons. The van der Waals surface area contributed by atoms with Gasteiger partial charge in [-0.25, -0.2) is 0 Å². The number of hydrogen-bond acceptors (Lipinski definition) is 3. The van der Waals surface area contributed by atoms with Crippen molar-refractivity contribution in [3.05, 3.63) is 71.4 Å². The maximum atomic E-state index is 11.9. The summed E-state index contributed by atoms with van der Waals surface area (Å²) in [7, 11) is 1.59. The molecule has 0 amide bonds. The lowest BCUT2D eigenvalue weighted by Crippen LogP contribution is -1.96. The lowest BCUT2D eigenvalue weighted by Gasteiger charge is -2.01. The molecule has 0 bridgehead atoms. The van der Waals surface area contributed by atoms with Crippen LogP contribution in [0.1, 0.15) is 10.4 Å². The van der Waals surface area contributed by atoms with E-state index in [1.165, 1.54) is 6.08 Å². The molecule has 2 aromatic rings. The molecule has 0 fully saturated rings. The Bertz CT molecular complexity index is 621. The third kappa shape index (κ3) is 3.87. The third-order valence-electron chi connectivity index (χ3n) is 2.68. The average molecular weight is 288 g/mol. The molecule has 102 valence electrons. The molecule has 0 heterocycles. The van der Waals surface area contributed by atoms with Crippen molar-refractivity contribution in [2.24, 2.45) is 0 Å². The number of rotatable bonds is 5. The lowest BCUT2D eigenvalue weighted by molar-refractivity contribution is 0.104. The number of halogens is 1. The van der Waals surface area contributed by atoms with Gasteiger partial charge >= 0.3 is 0 Å². The number of carbonyl (C=O) groups is 1. The fourth-order valence-corrected chi connectivity index (χ4v) is 1.83. The van der Waals surface area contributed by atoms with Crippen molar-refractivity contribution in [1.29, 1.82) is 0 Å². The van der Waals surface area contributed by atoms with Gasteiger partial charge in [-0.15, -0.1) is 0 Å². The topological polar surface area (TPSA) is 38.3 Å². The van der Waals surface area contributed by atoms with Gasteiger partial charge in [-0.05, 0) is 42.5 Å². The maximum Gasteiger partial charge on any atom is 0.187 e. The van der Waals surface area contributed by atoms with Crippen molar-refractivity contribution in [3.63, 3.8) is 0 Å². The molecule has 0 atom stereocenters. The second-order valence-electron chi connectivity index (χ2n) is 4.08. The maximum absolute atomic E-state index is 11.9. The van der Waals surface area contributed by atoms with Crippen LogP contribution >= 0.6 is 11.6 Å². The number of ketones is 1. The van der Waals surface area contributed by atoms with Crippen LogP contribution in [0, 0.1) is 0 Å². The van der Waals surface area contributed by atoms with Gasteiger partial charge in [-0.1, -0.05) is 17.7 Å². The van der Waals surface area contributed by atoms with Gasteiger partial charge in [0.15, 0.2) is 5.78 Å². The second-order valence-corrected chi connectivity index (χ2v) is 4.52. The molecular weight excluding hydrogens is 274 g/mol. The molecule has 0 saturated carbocycles. The van der Waals surface area contributed by atoms with E-state index in [0.717, 1.165) is 11.4 Å². The molecule has 20 heavy (non-hydrogen) atoms. The first-order valence-electron chi connectivity index (χ1n) is 6.06. The van der Waals surface area contributed by atoms with E-state index in [1.54, 1.807) is 49.7 Å². The first-order chi connectivity index (χ1) is 9.69. The summed E-state index contributed by atoms with van der Waals surface area (Å²) in [6, 6.07) is 14.2. The molecule has 0 aliphatic heterocycles. The SMILES string of the molecule is COc1ccc(C(=O)/C=C/Nc2cccc(Cl)c2)cc1. The number of ether oxygens (including phenoxy) is 1. The summed E-state index contributed by atoms with van der Waals surface area (Å²) in [6.07, 6.45) is 3.07. The number of carbonyl (C=O) groups excluding carboxylic acids is 1. The van der Waals surface area contributed by atoms with E-state index < -0.39 is 0 Å². The van der Waals surface area contributed by atoms with Crippen molar-refractivity contribution in [1.82, 2.24) is 0 Å². The Morgan fingerprint density at radius 2 is 1.95 bits per heavy atom. The van der Waals surface area contributed by atoms with Crippen LogP contribution in [0.4, 0.5) is 5.69 Å². The molecule has 0 aliphatic carbocycles. The van der Waals surface area contributed by atoms with Crippen LogP contribution in [0.3, 0.4) is 0 Å². The summed E-state index contributed by atoms with van der Waals surface area (Å²) >= 11 is 5.87. The summed E-state index contributed by atoms with van der Waals surface area (Å²) in [4.78, 5) is 11.9. The van der Waals surface area contributed by atoms with E-state index in [0.29, 0.717) is 10.6 Å². The summed E-state index contributed by atoms with van der Waals surface area (Å²) in [5, 5.41) is 3.64. The normalized spacial score (nSPS) is 10.5. The van der Waals surface area contributed by atoms with Crippen LogP contribution in [0.2, 0.25) is 5.02 Å². The standard InChI is InChI=1S/C16H14ClNO2/c1-20-15-7-5-12(6-8-15)16(19)9-10-18-14-4-2-3-13(17)11-14/h2-11,18H,1H3/b10-9+. The second kappa shape index (κ2) is 6.78. The molecule has 1 N–H and O–H groups in total. The van der Waals surface area contributed by atoms with Crippen LogP contribution in [0.25, 0.3) is 0 Å². The van der Waals surface area contributed by atoms with Crippen molar-refractivity contribution >= 4 is 23.1 Å². The Labute approximate surface area is 122 Å². The third-order valence-corrected chi connectivity index (χ3v) is 2.92. The number of nitrogens with one attached hydrogen (secondary N) is 1. The van der Waals surface area contributed by atoms with E-state index >= 15 is 0 Å². The van der Waals surface area contributed by atoms with Gasteiger partial charge in [-0.3, -0.25) is 4.79 Å². The molecule has 0 spiro atoms. The van der Waals surface area contributed by atoms with Crippen molar-refractivity contribution in [2.75, 3.05) is 12.4 Å². The van der Waals surface area contributed by atoms with Gasteiger partial charge in [0.1, 0.15) is 5.75 Å². The largest absolute Gasteiger partial charge is 0.497 e. The number of benzene rings is 2. The highest BCUT2D eigenvalue weighted by atomic mass is 35.5. The zero-order valence-corrected chi connectivity index (χ0v) is 11.7. The zero-order chi connectivity index (χ0) is 14.4. The van der Waals surface area contributed by atoms with Crippen molar-refractivity contribution in [3.8, 4) is 5.75 Å². The summed E-state index contributed by atoms with van der Waals surface area (Å²) in [5.74, 6) is 0.643. The van der Waals surface area contributed by atoms with Crippen molar-refractivity contribution in [2.45, 2.75) is 0 Å². The molecule has 0 saturated heterocycles. The predicted molar refractivity (Wildman–Crippen MR) is 81.5 cm³/mol. The average Bonchev–Trinajstić information content (AvgIpc) is 2.47. The quantitative estimate of drug-likeness (QED) is 0.663. The number of methoxy groups -OCH3 is 1. The Morgan fingerprint density at radius 1 is 1.20 bits per heavy atom. The van der Waals surface area contributed by atoms with Crippen LogP contribution in [0.15, 0.2) is 60.8 Å². The predicted octanol–water partition coefficient (Wildman–Crippen LogP) is 4.16. The van der Waals surface area contributed by atoms with E-state index in [-0.39, 0.29) is 5.78 Å². The van der Waals surface area contributed by atoms with Gasteiger partial charge in [-0.2, -0.15) is 0 Å². The zero-order valence-electron chi connectivity index (χ0n) is 11.0. The van der Waals surface area contributed by atoms with Crippen LogP contribution in [-0.2, 0) is 0 Å². The minimum atomic E-state index is -0.0813. The molecule has 4 heteroatoms.